The summed E-state index contributed by atoms with van der Waals surface area (Å²) in [4.78, 5) is 0.344. The molecule has 3 nitrogen and oxygen atoms in total. The molecule has 1 atom stereocenters. The van der Waals surface area contributed by atoms with E-state index in [4.69, 9.17) is 27.4 Å². The first kappa shape index (κ1) is 13.8. The molecule has 94 valence electrons. The molecule has 0 saturated heterocycles. The van der Waals surface area contributed by atoms with E-state index in [1.165, 1.54) is 0 Å². The van der Waals surface area contributed by atoms with Gasteiger partial charge in [0.1, 0.15) is 16.5 Å². The van der Waals surface area contributed by atoms with Crippen molar-refractivity contribution in [3.05, 3.63) is 23.8 Å². The van der Waals surface area contributed by atoms with Crippen molar-refractivity contribution >= 4 is 17.2 Å². The Labute approximate surface area is 108 Å². The summed E-state index contributed by atoms with van der Waals surface area (Å²) in [5.41, 5.74) is 6.38. The minimum Gasteiger partial charge on any atom is -0.497 e. The van der Waals surface area contributed by atoms with Crippen LogP contribution < -0.4 is 15.2 Å². The highest BCUT2D eigenvalue weighted by Gasteiger charge is 2.07. The minimum absolute atomic E-state index is 0.173. The third-order valence-corrected chi connectivity index (χ3v) is 2.67. The van der Waals surface area contributed by atoms with Crippen LogP contribution in [0.2, 0.25) is 0 Å². The minimum atomic E-state index is 0.173. The molecule has 0 aliphatic carbocycles. The van der Waals surface area contributed by atoms with E-state index < -0.39 is 0 Å². The van der Waals surface area contributed by atoms with Gasteiger partial charge in [-0.15, -0.1) is 0 Å². The second-order valence-electron chi connectivity index (χ2n) is 3.98. The molecule has 2 N–H and O–H groups in total. The number of nitrogens with two attached hydrogens (primary N) is 1. The summed E-state index contributed by atoms with van der Waals surface area (Å²) in [6.07, 6.45) is 2.28. The van der Waals surface area contributed by atoms with Crippen LogP contribution in [0, 0.1) is 0 Å². The lowest BCUT2D eigenvalue weighted by atomic mass is 10.2. The van der Waals surface area contributed by atoms with Gasteiger partial charge in [0.15, 0.2) is 0 Å². The van der Waals surface area contributed by atoms with Gasteiger partial charge in [-0.3, -0.25) is 0 Å². The maximum absolute atomic E-state index is 5.79. The molecule has 0 aromatic heterocycles. The quantitative estimate of drug-likeness (QED) is 0.792. The largest absolute Gasteiger partial charge is 0.497 e. The van der Waals surface area contributed by atoms with Crippen molar-refractivity contribution in [1.29, 1.82) is 0 Å². The Kier molecular flexibility index (Phi) is 5.22. The van der Waals surface area contributed by atoms with E-state index in [0.717, 1.165) is 24.2 Å². The topological polar surface area (TPSA) is 44.5 Å². The Balaban J connectivity index is 2.90. The predicted octanol–water partition coefficient (Wildman–Crippen LogP) is 2.90. The summed E-state index contributed by atoms with van der Waals surface area (Å²) in [5, 5.41) is 0. The first-order valence-electron chi connectivity index (χ1n) is 5.72. The summed E-state index contributed by atoms with van der Waals surface area (Å²) in [6, 6.07) is 5.49. The van der Waals surface area contributed by atoms with Gasteiger partial charge in [-0.2, -0.15) is 0 Å². The molecule has 1 rings (SSSR count). The molecule has 1 aromatic carbocycles. The van der Waals surface area contributed by atoms with Gasteiger partial charge in [0.25, 0.3) is 0 Å². The first-order valence-corrected chi connectivity index (χ1v) is 6.13. The van der Waals surface area contributed by atoms with Crippen LogP contribution in [0.1, 0.15) is 32.3 Å². The van der Waals surface area contributed by atoms with Gasteiger partial charge in [-0.25, -0.2) is 0 Å². The maximum Gasteiger partial charge on any atom is 0.124 e. The summed E-state index contributed by atoms with van der Waals surface area (Å²) < 4.78 is 11.0. The summed E-state index contributed by atoms with van der Waals surface area (Å²) in [6.45, 7) is 4.18. The summed E-state index contributed by atoms with van der Waals surface area (Å²) in [7, 11) is 1.61. The Morgan fingerprint density at radius 1 is 1.35 bits per heavy atom. The zero-order valence-corrected chi connectivity index (χ0v) is 11.3. The molecule has 0 aliphatic rings. The molecule has 0 heterocycles. The Morgan fingerprint density at radius 2 is 2.00 bits per heavy atom. The standard InChI is InChI=1S/C13H19NO2S/c1-4-5-9(2)16-12-7-10(13(14)17)6-11(8-12)15-3/h6-9H,4-5H2,1-3H3,(H2,14,17). The normalized spacial score (nSPS) is 11.9. The van der Waals surface area contributed by atoms with E-state index in [-0.39, 0.29) is 6.10 Å². The van der Waals surface area contributed by atoms with Crippen LogP contribution in [0.5, 0.6) is 11.5 Å². The van der Waals surface area contributed by atoms with E-state index in [1.807, 2.05) is 19.1 Å². The van der Waals surface area contributed by atoms with Crippen LogP contribution >= 0.6 is 12.2 Å². The van der Waals surface area contributed by atoms with Gasteiger partial charge in [0.2, 0.25) is 0 Å². The van der Waals surface area contributed by atoms with E-state index in [0.29, 0.717) is 10.7 Å². The van der Waals surface area contributed by atoms with Crippen molar-refractivity contribution in [3.63, 3.8) is 0 Å². The molecule has 0 fully saturated rings. The fraction of sp³-hybridized carbons (Fsp3) is 0.462. The third kappa shape index (κ3) is 4.23. The summed E-state index contributed by atoms with van der Waals surface area (Å²) in [5.74, 6) is 1.45. The number of hydrogen-bond donors (Lipinski definition) is 1. The van der Waals surface area contributed by atoms with Crippen LogP contribution in [0.3, 0.4) is 0 Å². The monoisotopic (exact) mass is 253 g/mol. The number of rotatable bonds is 6. The molecular weight excluding hydrogens is 234 g/mol. The molecule has 1 unspecified atom stereocenters. The first-order chi connectivity index (χ1) is 8.06. The lowest BCUT2D eigenvalue weighted by Crippen LogP contribution is -2.13. The number of thiocarbonyl (C=S) groups is 1. The number of hydrogen-bond acceptors (Lipinski definition) is 3. The SMILES string of the molecule is CCCC(C)Oc1cc(OC)cc(C(N)=S)c1. The molecule has 0 aliphatic heterocycles. The average molecular weight is 253 g/mol. The molecule has 0 bridgehead atoms. The van der Waals surface area contributed by atoms with Gasteiger partial charge in [0.05, 0.1) is 13.2 Å². The second kappa shape index (κ2) is 6.45. The van der Waals surface area contributed by atoms with Crippen molar-refractivity contribution < 1.29 is 9.47 Å². The maximum atomic E-state index is 5.79. The predicted molar refractivity (Wildman–Crippen MR) is 73.9 cm³/mol. The third-order valence-electron chi connectivity index (χ3n) is 2.43. The Morgan fingerprint density at radius 3 is 2.53 bits per heavy atom. The van der Waals surface area contributed by atoms with Gasteiger partial charge < -0.3 is 15.2 Å². The summed E-state index contributed by atoms with van der Waals surface area (Å²) >= 11 is 4.96. The lowest BCUT2D eigenvalue weighted by molar-refractivity contribution is 0.209. The van der Waals surface area contributed by atoms with Crippen molar-refractivity contribution in [2.24, 2.45) is 5.73 Å². The molecule has 0 amide bonds. The molecule has 0 saturated carbocycles. The van der Waals surface area contributed by atoms with Crippen LogP contribution in [-0.2, 0) is 0 Å². The highest BCUT2D eigenvalue weighted by Crippen LogP contribution is 2.24. The van der Waals surface area contributed by atoms with Crippen molar-refractivity contribution in [3.8, 4) is 11.5 Å². The number of methoxy groups -OCH3 is 1. The van der Waals surface area contributed by atoms with Gasteiger partial charge >= 0.3 is 0 Å². The molecular formula is C13H19NO2S. The van der Waals surface area contributed by atoms with Crippen LogP contribution in [0.4, 0.5) is 0 Å². The number of benzene rings is 1. The number of ether oxygens (including phenoxy) is 2. The highest BCUT2D eigenvalue weighted by molar-refractivity contribution is 7.80. The Bertz CT molecular complexity index is 393. The molecule has 0 radical (unpaired) electrons. The smallest absolute Gasteiger partial charge is 0.124 e. The Hall–Kier alpha value is -1.29. The molecule has 1 aromatic rings. The van der Waals surface area contributed by atoms with Gasteiger partial charge in [0, 0.05) is 11.6 Å². The highest BCUT2D eigenvalue weighted by atomic mass is 32.1. The second-order valence-corrected chi connectivity index (χ2v) is 4.42. The average Bonchev–Trinajstić information content (AvgIpc) is 2.28. The zero-order valence-electron chi connectivity index (χ0n) is 10.5. The van der Waals surface area contributed by atoms with Gasteiger partial charge in [-0.05, 0) is 25.5 Å². The molecule has 0 spiro atoms. The van der Waals surface area contributed by atoms with Crippen LogP contribution in [-0.4, -0.2) is 18.2 Å². The fourth-order valence-corrected chi connectivity index (χ4v) is 1.72. The van der Waals surface area contributed by atoms with Crippen LogP contribution in [0.25, 0.3) is 0 Å². The van der Waals surface area contributed by atoms with E-state index >= 15 is 0 Å². The van der Waals surface area contributed by atoms with Gasteiger partial charge in [-0.1, -0.05) is 25.6 Å². The fourth-order valence-electron chi connectivity index (χ4n) is 1.60. The van der Waals surface area contributed by atoms with Crippen LogP contribution in [0.15, 0.2) is 18.2 Å². The van der Waals surface area contributed by atoms with E-state index in [9.17, 15) is 0 Å². The van der Waals surface area contributed by atoms with Crippen molar-refractivity contribution in [1.82, 2.24) is 0 Å². The van der Waals surface area contributed by atoms with E-state index in [1.54, 1.807) is 13.2 Å². The lowest BCUT2D eigenvalue weighted by Gasteiger charge is -2.15. The molecule has 17 heavy (non-hydrogen) atoms. The van der Waals surface area contributed by atoms with E-state index in [2.05, 4.69) is 6.92 Å². The zero-order chi connectivity index (χ0) is 12.8. The molecule has 4 heteroatoms. The van der Waals surface area contributed by atoms with Crippen molar-refractivity contribution in [2.75, 3.05) is 7.11 Å². The van der Waals surface area contributed by atoms with Crippen molar-refractivity contribution in [2.45, 2.75) is 32.8 Å².